The molecule has 3 rings (SSSR count). The zero-order chi connectivity index (χ0) is 24.7. The Morgan fingerprint density at radius 2 is 1.79 bits per heavy atom. The molecule has 1 atom stereocenters. The first-order chi connectivity index (χ1) is 16.3. The fraction of sp³-hybridized carbons (Fsp3) is 0.481. The van der Waals surface area contributed by atoms with E-state index in [2.05, 4.69) is 5.32 Å². The molecule has 0 aliphatic heterocycles. The topological polar surface area (TPSA) is 58.6 Å². The van der Waals surface area contributed by atoms with Gasteiger partial charge in [-0.25, -0.2) is 0 Å². The summed E-state index contributed by atoms with van der Waals surface area (Å²) in [5, 5.41) is 4.04. The third-order valence-corrected chi connectivity index (χ3v) is 7.11. The number of benzene rings is 2. The highest BCUT2D eigenvalue weighted by atomic mass is 35.5. The van der Waals surface area contributed by atoms with Gasteiger partial charge in [-0.1, -0.05) is 67.6 Å². The maximum atomic E-state index is 13.4. The second kappa shape index (κ2) is 12.5. The van der Waals surface area contributed by atoms with Crippen molar-refractivity contribution in [3.05, 3.63) is 63.1 Å². The Balaban J connectivity index is 1.80. The summed E-state index contributed by atoms with van der Waals surface area (Å²) in [6, 6.07) is 10.7. The van der Waals surface area contributed by atoms with Crippen molar-refractivity contribution in [2.24, 2.45) is 0 Å². The number of carbonyl (C=O) groups is 2. The molecule has 2 aromatic carbocycles. The average Bonchev–Trinajstić information content (AvgIpc) is 2.82. The van der Waals surface area contributed by atoms with E-state index in [0.717, 1.165) is 42.4 Å². The quantitative estimate of drug-likeness (QED) is 0.439. The van der Waals surface area contributed by atoms with Crippen LogP contribution in [0.1, 0.15) is 62.1 Å². The van der Waals surface area contributed by atoms with E-state index in [1.54, 1.807) is 17.0 Å². The van der Waals surface area contributed by atoms with Gasteiger partial charge >= 0.3 is 0 Å². The van der Waals surface area contributed by atoms with Crippen LogP contribution in [0.2, 0.25) is 10.0 Å². The van der Waals surface area contributed by atoms with Crippen LogP contribution in [0, 0.1) is 13.8 Å². The lowest BCUT2D eigenvalue weighted by atomic mass is 9.95. The van der Waals surface area contributed by atoms with Crippen LogP contribution in [0.4, 0.5) is 0 Å². The van der Waals surface area contributed by atoms with E-state index in [9.17, 15) is 9.59 Å². The molecule has 0 spiro atoms. The van der Waals surface area contributed by atoms with Crippen LogP contribution >= 0.6 is 23.2 Å². The molecule has 0 saturated heterocycles. The van der Waals surface area contributed by atoms with Crippen molar-refractivity contribution in [1.29, 1.82) is 0 Å². The highest BCUT2D eigenvalue weighted by Gasteiger charge is 2.30. The van der Waals surface area contributed by atoms with Crippen LogP contribution in [0.25, 0.3) is 0 Å². The number of hydrogen-bond donors (Lipinski definition) is 1. The molecule has 1 saturated carbocycles. The molecule has 2 aromatic rings. The van der Waals surface area contributed by atoms with Gasteiger partial charge in [-0.15, -0.1) is 0 Å². The van der Waals surface area contributed by atoms with Crippen LogP contribution in [0.3, 0.4) is 0 Å². The Morgan fingerprint density at radius 3 is 2.47 bits per heavy atom. The smallest absolute Gasteiger partial charge is 0.261 e. The maximum absolute atomic E-state index is 13.4. The Hall–Kier alpha value is -2.24. The first-order valence-electron chi connectivity index (χ1n) is 12.0. The monoisotopic (exact) mass is 504 g/mol. The number of nitrogens with zero attached hydrogens (tertiary/aromatic N) is 1. The normalized spacial score (nSPS) is 15.0. The lowest BCUT2D eigenvalue weighted by Gasteiger charge is -2.32. The lowest BCUT2D eigenvalue weighted by Crippen LogP contribution is -2.52. The largest absolute Gasteiger partial charge is 0.483 e. The number of amides is 2. The number of carbonyl (C=O) groups excluding carboxylic acids is 2. The van der Waals surface area contributed by atoms with E-state index in [0.29, 0.717) is 22.2 Å². The number of hydrogen-bond acceptors (Lipinski definition) is 3. The van der Waals surface area contributed by atoms with Crippen molar-refractivity contribution in [2.45, 2.75) is 77.9 Å². The standard InChI is InChI=1S/C27H34Cl2N2O3/c1-4-24(27(33)30-21-8-6-5-7-9-21)31(16-20-12-13-22(28)23(29)15-20)26(32)17-34-25-14-18(2)10-11-19(25)3/h10-15,21,24H,4-9,16-17H2,1-3H3,(H,30,33). The molecular formula is C27H34Cl2N2O3. The summed E-state index contributed by atoms with van der Waals surface area (Å²) in [6.07, 6.45) is 5.92. The van der Waals surface area contributed by atoms with Crippen LogP contribution in [-0.2, 0) is 16.1 Å². The predicted octanol–water partition coefficient (Wildman–Crippen LogP) is 6.25. The van der Waals surface area contributed by atoms with Crippen LogP contribution in [0.15, 0.2) is 36.4 Å². The summed E-state index contributed by atoms with van der Waals surface area (Å²) < 4.78 is 5.90. The third kappa shape index (κ3) is 7.13. The summed E-state index contributed by atoms with van der Waals surface area (Å²) in [5.41, 5.74) is 2.81. The molecule has 1 N–H and O–H groups in total. The number of aryl methyl sites for hydroxylation is 2. The van der Waals surface area contributed by atoms with Gasteiger partial charge in [-0.05, 0) is 68.0 Å². The number of halogens is 2. The Labute approximate surface area is 212 Å². The number of rotatable bonds is 9. The molecule has 1 unspecified atom stereocenters. The highest BCUT2D eigenvalue weighted by molar-refractivity contribution is 6.42. The molecule has 1 aliphatic rings. The van der Waals surface area contributed by atoms with Crippen molar-refractivity contribution in [3.8, 4) is 5.75 Å². The summed E-state index contributed by atoms with van der Waals surface area (Å²) in [5.74, 6) is 0.301. The molecule has 1 aliphatic carbocycles. The van der Waals surface area contributed by atoms with Crippen molar-refractivity contribution in [2.75, 3.05) is 6.61 Å². The molecule has 34 heavy (non-hydrogen) atoms. The molecule has 0 bridgehead atoms. The van der Waals surface area contributed by atoms with Crippen LogP contribution in [0.5, 0.6) is 5.75 Å². The molecule has 0 heterocycles. The fourth-order valence-corrected chi connectivity index (χ4v) is 4.70. The second-order valence-electron chi connectivity index (χ2n) is 9.10. The van der Waals surface area contributed by atoms with Gasteiger partial charge < -0.3 is 15.0 Å². The molecule has 2 amide bonds. The Bertz CT molecular complexity index is 1010. The van der Waals surface area contributed by atoms with Crippen LogP contribution < -0.4 is 10.1 Å². The van der Waals surface area contributed by atoms with Crippen molar-refractivity contribution < 1.29 is 14.3 Å². The van der Waals surface area contributed by atoms with Gasteiger partial charge in [-0.2, -0.15) is 0 Å². The minimum absolute atomic E-state index is 0.116. The Morgan fingerprint density at radius 1 is 1.06 bits per heavy atom. The van der Waals surface area contributed by atoms with Gasteiger partial charge in [-0.3, -0.25) is 9.59 Å². The SMILES string of the molecule is CCC(C(=O)NC1CCCCC1)N(Cc1ccc(Cl)c(Cl)c1)C(=O)COc1cc(C)ccc1C. The molecule has 1 fully saturated rings. The minimum atomic E-state index is -0.605. The summed E-state index contributed by atoms with van der Waals surface area (Å²) in [6.45, 7) is 5.93. The number of nitrogens with one attached hydrogen (secondary N) is 1. The molecule has 7 heteroatoms. The van der Waals surface area contributed by atoms with Crippen molar-refractivity contribution in [3.63, 3.8) is 0 Å². The second-order valence-corrected chi connectivity index (χ2v) is 9.91. The van der Waals surface area contributed by atoms with E-state index in [-0.39, 0.29) is 31.0 Å². The van der Waals surface area contributed by atoms with Gasteiger partial charge in [0.1, 0.15) is 11.8 Å². The average molecular weight is 505 g/mol. The minimum Gasteiger partial charge on any atom is -0.483 e. The summed E-state index contributed by atoms with van der Waals surface area (Å²) in [7, 11) is 0. The summed E-state index contributed by atoms with van der Waals surface area (Å²) >= 11 is 12.3. The van der Waals surface area contributed by atoms with E-state index in [1.807, 2.05) is 45.0 Å². The molecular weight excluding hydrogens is 471 g/mol. The van der Waals surface area contributed by atoms with E-state index in [4.69, 9.17) is 27.9 Å². The fourth-order valence-electron chi connectivity index (χ4n) is 4.38. The van der Waals surface area contributed by atoms with Gasteiger partial charge in [0.2, 0.25) is 5.91 Å². The first-order valence-corrected chi connectivity index (χ1v) is 12.8. The predicted molar refractivity (Wildman–Crippen MR) is 138 cm³/mol. The van der Waals surface area contributed by atoms with Gasteiger partial charge in [0.25, 0.3) is 5.91 Å². The lowest BCUT2D eigenvalue weighted by molar-refractivity contribution is -0.143. The van der Waals surface area contributed by atoms with Crippen LogP contribution in [-0.4, -0.2) is 35.4 Å². The van der Waals surface area contributed by atoms with Gasteiger partial charge in [0.05, 0.1) is 10.0 Å². The highest BCUT2D eigenvalue weighted by Crippen LogP contribution is 2.25. The molecule has 0 radical (unpaired) electrons. The first kappa shape index (κ1) is 26.4. The molecule has 184 valence electrons. The third-order valence-electron chi connectivity index (χ3n) is 6.37. The zero-order valence-electron chi connectivity index (χ0n) is 20.2. The number of ether oxygens (including phenoxy) is 1. The van der Waals surface area contributed by atoms with E-state index < -0.39 is 6.04 Å². The van der Waals surface area contributed by atoms with Crippen molar-refractivity contribution >= 4 is 35.0 Å². The van der Waals surface area contributed by atoms with Gasteiger partial charge in [0.15, 0.2) is 6.61 Å². The molecule has 5 nitrogen and oxygen atoms in total. The maximum Gasteiger partial charge on any atom is 0.261 e. The van der Waals surface area contributed by atoms with E-state index >= 15 is 0 Å². The summed E-state index contributed by atoms with van der Waals surface area (Å²) in [4.78, 5) is 28.3. The van der Waals surface area contributed by atoms with Gasteiger partial charge in [0, 0.05) is 12.6 Å². The zero-order valence-corrected chi connectivity index (χ0v) is 21.7. The van der Waals surface area contributed by atoms with E-state index in [1.165, 1.54) is 6.42 Å². The Kier molecular flexibility index (Phi) is 9.66. The molecule has 0 aromatic heterocycles. The van der Waals surface area contributed by atoms with Crippen molar-refractivity contribution in [1.82, 2.24) is 10.2 Å².